The van der Waals surface area contributed by atoms with Crippen LogP contribution in [0.15, 0.2) is 0 Å². The fraction of sp³-hybridized carbons (Fsp3) is 0.933. The Morgan fingerprint density at radius 2 is 1.90 bits per heavy atom. The predicted octanol–water partition coefficient (Wildman–Crippen LogP) is 1.14. The second-order valence-electron chi connectivity index (χ2n) is 6.42. The first-order valence-corrected chi connectivity index (χ1v) is 9.99. The number of rotatable bonds is 8. The summed E-state index contributed by atoms with van der Waals surface area (Å²) in [6.45, 7) is 7.07. The van der Waals surface area contributed by atoms with Gasteiger partial charge in [-0.1, -0.05) is 6.92 Å². The van der Waals surface area contributed by atoms with Crippen molar-refractivity contribution >= 4 is 15.7 Å². The van der Waals surface area contributed by atoms with Crippen molar-refractivity contribution in [2.24, 2.45) is 5.92 Å². The molecule has 1 unspecified atom stereocenters. The topological polar surface area (TPSA) is 57.7 Å². The Bertz CT molecular complexity index is 460. The molecule has 1 amide bonds. The molecule has 2 rings (SSSR count). The van der Waals surface area contributed by atoms with Crippen LogP contribution >= 0.6 is 0 Å². The molecule has 6 heteroatoms. The van der Waals surface area contributed by atoms with Gasteiger partial charge in [0.1, 0.15) is 0 Å². The summed E-state index contributed by atoms with van der Waals surface area (Å²) in [7, 11) is -2.94. The highest BCUT2D eigenvalue weighted by molar-refractivity contribution is 7.91. The molecule has 21 heavy (non-hydrogen) atoms. The highest BCUT2D eigenvalue weighted by atomic mass is 32.2. The maximum absolute atomic E-state index is 12.5. The molecule has 0 radical (unpaired) electrons. The third-order valence-corrected chi connectivity index (χ3v) is 6.17. The van der Waals surface area contributed by atoms with E-state index in [1.807, 2.05) is 6.92 Å². The van der Waals surface area contributed by atoms with Crippen molar-refractivity contribution in [1.29, 1.82) is 0 Å². The lowest BCUT2D eigenvalue weighted by molar-refractivity contribution is -0.134. The van der Waals surface area contributed by atoms with Crippen LogP contribution in [-0.2, 0) is 14.6 Å². The van der Waals surface area contributed by atoms with Gasteiger partial charge >= 0.3 is 0 Å². The van der Waals surface area contributed by atoms with E-state index in [4.69, 9.17) is 0 Å². The zero-order valence-electron chi connectivity index (χ0n) is 13.3. The third kappa shape index (κ3) is 4.95. The van der Waals surface area contributed by atoms with Crippen molar-refractivity contribution < 1.29 is 13.2 Å². The average Bonchev–Trinajstić information content (AvgIpc) is 3.14. The van der Waals surface area contributed by atoms with Gasteiger partial charge in [-0.2, -0.15) is 0 Å². The van der Waals surface area contributed by atoms with Crippen molar-refractivity contribution in [2.75, 3.05) is 37.7 Å². The minimum Gasteiger partial charge on any atom is -0.338 e. The number of carbonyl (C=O) groups excluding carboxylic acids is 1. The Morgan fingerprint density at radius 1 is 1.19 bits per heavy atom. The van der Waals surface area contributed by atoms with Crippen LogP contribution in [0.1, 0.15) is 39.5 Å². The van der Waals surface area contributed by atoms with Gasteiger partial charge < -0.3 is 4.90 Å². The Hall–Kier alpha value is -0.620. The summed E-state index contributed by atoms with van der Waals surface area (Å²) < 4.78 is 23.2. The largest absolute Gasteiger partial charge is 0.338 e. The Balaban J connectivity index is 1.91. The first kappa shape index (κ1) is 16.7. The minimum absolute atomic E-state index is 0.0914. The average molecular weight is 316 g/mol. The maximum Gasteiger partial charge on any atom is 0.237 e. The molecule has 0 bridgehead atoms. The van der Waals surface area contributed by atoms with Crippen molar-refractivity contribution in [1.82, 2.24) is 9.80 Å². The summed E-state index contributed by atoms with van der Waals surface area (Å²) >= 11 is 0. The van der Waals surface area contributed by atoms with E-state index in [1.54, 1.807) is 4.90 Å². The van der Waals surface area contributed by atoms with Crippen LogP contribution in [0.3, 0.4) is 0 Å². The van der Waals surface area contributed by atoms with Gasteiger partial charge in [0.05, 0.1) is 18.1 Å². The Kier molecular flexibility index (Phi) is 5.66. The molecule has 2 aliphatic rings. The van der Waals surface area contributed by atoms with E-state index in [0.29, 0.717) is 19.5 Å². The summed E-state index contributed by atoms with van der Waals surface area (Å²) in [5, 5.41) is 0. The lowest BCUT2D eigenvalue weighted by atomic mass is 10.2. The van der Waals surface area contributed by atoms with Gasteiger partial charge in [0.2, 0.25) is 5.91 Å². The fourth-order valence-corrected chi connectivity index (χ4v) is 4.89. The molecule has 0 spiro atoms. The van der Waals surface area contributed by atoms with Crippen molar-refractivity contribution in [3.63, 3.8) is 0 Å². The zero-order chi connectivity index (χ0) is 15.5. The molecule has 1 saturated carbocycles. The van der Waals surface area contributed by atoms with Crippen molar-refractivity contribution in [3.05, 3.63) is 0 Å². The smallest absolute Gasteiger partial charge is 0.237 e. The van der Waals surface area contributed by atoms with E-state index in [1.165, 1.54) is 12.8 Å². The van der Waals surface area contributed by atoms with Crippen LogP contribution in [0, 0.1) is 5.92 Å². The lowest BCUT2D eigenvalue weighted by Crippen LogP contribution is -2.46. The van der Waals surface area contributed by atoms with E-state index in [9.17, 15) is 13.2 Å². The molecule has 1 saturated heterocycles. The molecule has 2 fully saturated rings. The molecular weight excluding hydrogens is 288 g/mol. The van der Waals surface area contributed by atoms with Gasteiger partial charge in [-0.05, 0) is 45.1 Å². The quantitative estimate of drug-likeness (QED) is 0.674. The second-order valence-corrected chi connectivity index (χ2v) is 8.64. The van der Waals surface area contributed by atoms with Crippen LogP contribution in [0.4, 0.5) is 0 Å². The van der Waals surface area contributed by atoms with Gasteiger partial charge in [-0.15, -0.1) is 0 Å². The summed E-state index contributed by atoms with van der Waals surface area (Å²) in [4.78, 5) is 16.6. The highest BCUT2D eigenvalue weighted by Crippen LogP contribution is 2.29. The third-order valence-electron chi connectivity index (χ3n) is 4.42. The molecule has 1 heterocycles. The van der Waals surface area contributed by atoms with Crippen LogP contribution in [0.25, 0.3) is 0 Å². The number of carbonyl (C=O) groups is 1. The molecule has 122 valence electrons. The number of sulfone groups is 1. The minimum atomic E-state index is -2.94. The number of hydrogen-bond donors (Lipinski definition) is 0. The van der Waals surface area contributed by atoms with Crippen LogP contribution < -0.4 is 0 Å². The molecule has 5 nitrogen and oxygen atoms in total. The normalized spacial score (nSPS) is 24.4. The molecular formula is C15H28N2O3S. The molecule has 1 aliphatic carbocycles. The van der Waals surface area contributed by atoms with Crippen LogP contribution in [0.2, 0.25) is 0 Å². The van der Waals surface area contributed by atoms with Gasteiger partial charge in [0.15, 0.2) is 9.84 Å². The molecule has 0 N–H and O–H groups in total. The second kappa shape index (κ2) is 7.09. The number of hydrogen-bond acceptors (Lipinski definition) is 4. The molecule has 0 aromatic heterocycles. The summed E-state index contributed by atoms with van der Waals surface area (Å²) in [5.74, 6) is 1.23. The monoisotopic (exact) mass is 316 g/mol. The van der Waals surface area contributed by atoms with E-state index in [2.05, 4.69) is 11.8 Å². The van der Waals surface area contributed by atoms with Gasteiger partial charge in [-0.25, -0.2) is 8.42 Å². The SMILES string of the molecule is CCCN(CC(=O)N(CC)C1CCS(=O)(=O)C1)CC1CC1. The summed E-state index contributed by atoms with van der Waals surface area (Å²) in [5.41, 5.74) is 0. The van der Waals surface area contributed by atoms with E-state index < -0.39 is 9.84 Å². The molecule has 1 aliphatic heterocycles. The Morgan fingerprint density at radius 3 is 2.38 bits per heavy atom. The number of likely N-dealkylation sites (N-methyl/N-ethyl adjacent to an activating group) is 1. The zero-order valence-corrected chi connectivity index (χ0v) is 14.1. The standard InChI is InChI=1S/C15H28N2O3S/c1-3-8-16(10-13-5-6-13)11-15(18)17(4-2)14-7-9-21(19,20)12-14/h13-14H,3-12H2,1-2H3. The van der Waals surface area contributed by atoms with Crippen LogP contribution in [0.5, 0.6) is 0 Å². The van der Waals surface area contributed by atoms with E-state index in [0.717, 1.165) is 25.4 Å². The van der Waals surface area contributed by atoms with Crippen LogP contribution in [-0.4, -0.2) is 67.9 Å². The summed E-state index contributed by atoms with van der Waals surface area (Å²) in [6, 6.07) is -0.114. The highest BCUT2D eigenvalue weighted by Gasteiger charge is 2.34. The molecule has 0 aromatic carbocycles. The lowest BCUT2D eigenvalue weighted by Gasteiger charge is -2.30. The van der Waals surface area contributed by atoms with E-state index in [-0.39, 0.29) is 23.5 Å². The number of nitrogens with zero attached hydrogens (tertiary/aromatic N) is 2. The number of amides is 1. The molecule has 0 aromatic rings. The van der Waals surface area contributed by atoms with Gasteiger partial charge in [0, 0.05) is 19.1 Å². The first-order valence-electron chi connectivity index (χ1n) is 8.17. The maximum atomic E-state index is 12.5. The van der Waals surface area contributed by atoms with Crippen molar-refractivity contribution in [2.45, 2.75) is 45.6 Å². The van der Waals surface area contributed by atoms with Gasteiger partial charge in [-0.3, -0.25) is 9.69 Å². The predicted molar refractivity (Wildman–Crippen MR) is 83.9 cm³/mol. The summed E-state index contributed by atoms with van der Waals surface area (Å²) in [6.07, 6.45) is 4.21. The first-order chi connectivity index (χ1) is 9.95. The Labute approximate surface area is 128 Å². The van der Waals surface area contributed by atoms with Gasteiger partial charge in [0.25, 0.3) is 0 Å². The fourth-order valence-electron chi connectivity index (χ4n) is 3.16. The molecule has 1 atom stereocenters. The van der Waals surface area contributed by atoms with E-state index >= 15 is 0 Å². The van der Waals surface area contributed by atoms with Crippen molar-refractivity contribution in [3.8, 4) is 0 Å².